The number of nitrogens with one attached hydrogen (secondary N) is 1. The molecule has 1 aliphatic carbocycles. The molecule has 126 valence electrons. The van der Waals surface area contributed by atoms with Crippen LogP contribution < -0.4 is 0 Å². The molecule has 0 spiro atoms. The highest BCUT2D eigenvalue weighted by molar-refractivity contribution is 5.65. The van der Waals surface area contributed by atoms with E-state index in [-0.39, 0.29) is 12.0 Å². The number of carboxylic acid groups (broad SMARTS) is 1. The van der Waals surface area contributed by atoms with Gasteiger partial charge in [0.05, 0.1) is 11.9 Å². The summed E-state index contributed by atoms with van der Waals surface area (Å²) in [6.45, 7) is 2.59. The van der Waals surface area contributed by atoms with Crippen LogP contribution in [0, 0.1) is 0 Å². The molecule has 5 heteroatoms. The van der Waals surface area contributed by atoms with E-state index in [1.165, 1.54) is 23.3 Å². The van der Waals surface area contributed by atoms with Crippen LogP contribution in [-0.4, -0.2) is 38.7 Å². The molecule has 2 fully saturated rings. The number of aromatic nitrogens is 2. The van der Waals surface area contributed by atoms with Crippen LogP contribution in [0.4, 0.5) is 4.79 Å². The van der Waals surface area contributed by atoms with Gasteiger partial charge in [0.25, 0.3) is 0 Å². The molecule has 4 rings (SSSR count). The monoisotopic (exact) mass is 325 g/mol. The Morgan fingerprint density at radius 1 is 1.25 bits per heavy atom. The van der Waals surface area contributed by atoms with Gasteiger partial charge in [-0.05, 0) is 49.7 Å². The maximum atomic E-state index is 11.4. The number of carbonyl (C=O) groups is 1. The lowest BCUT2D eigenvalue weighted by Crippen LogP contribution is -2.45. The van der Waals surface area contributed by atoms with Gasteiger partial charge in [-0.15, -0.1) is 0 Å². The summed E-state index contributed by atoms with van der Waals surface area (Å²) >= 11 is 0. The number of aromatic amines is 1. The quantitative estimate of drug-likeness (QED) is 0.888. The Labute approximate surface area is 141 Å². The van der Waals surface area contributed by atoms with Crippen LogP contribution in [0.2, 0.25) is 0 Å². The minimum atomic E-state index is -0.838. The normalized spacial score (nSPS) is 24.1. The van der Waals surface area contributed by atoms with Crippen molar-refractivity contribution in [3.63, 3.8) is 0 Å². The predicted molar refractivity (Wildman–Crippen MR) is 92.2 cm³/mol. The van der Waals surface area contributed by atoms with Gasteiger partial charge in [0.15, 0.2) is 0 Å². The van der Waals surface area contributed by atoms with E-state index in [0.717, 1.165) is 35.8 Å². The number of hydrogen-bond acceptors (Lipinski definition) is 2. The van der Waals surface area contributed by atoms with Gasteiger partial charge in [0.1, 0.15) is 5.82 Å². The standard InChI is InChI=1S/C19H23N3O2/c1-12-16(3-2-10-22(12)19(23)24)18-20-11-17(21-18)15-8-6-14(7-9-15)13-4-5-13/h6-9,11-13,16H,2-5,10H2,1H3,(H,20,21)(H,23,24)/t12-,16-/m1/s1. The average molecular weight is 325 g/mol. The van der Waals surface area contributed by atoms with Gasteiger partial charge in [-0.3, -0.25) is 0 Å². The molecule has 0 radical (unpaired) electrons. The Bertz CT molecular complexity index is 733. The number of benzene rings is 1. The highest BCUT2D eigenvalue weighted by atomic mass is 16.4. The maximum Gasteiger partial charge on any atom is 0.407 e. The highest BCUT2D eigenvalue weighted by Crippen LogP contribution is 2.40. The lowest BCUT2D eigenvalue weighted by Gasteiger charge is -2.36. The summed E-state index contributed by atoms with van der Waals surface area (Å²) in [5, 5.41) is 9.33. The summed E-state index contributed by atoms with van der Waals surface area (Å²) in [4.78, 5) is 20.9. The lowest BCUT2D eigenvalue weighted by molar-refractivity contribution is 0.102. The fourth-order valence-electron chi connectivity index (χ4n) is 3.80. The maximum absolute atomic E-state index is 11.4. The minimum Gasteiger partial charge on any atom is -0.465 e. The van der Waals surface area contributed by atoms with Crippen LogP contribution in [-0.2, 0) is 0 Å². The lowest BCUT2D eigenvalue weighted by atomic mass is 9.90. The Morgan fingerprint density at radius 3 is 2.67 bits per heavy atom. The topological polar surface area (TPSA) is 69.2 Å². The van der Waals surface area contributed by atoms with Crippen LogP contribution in [0.5, 0.6) is 0 Å². The molecular weight excluding hydrogens is 302 g/mol. The van der Waals surface area contributed by atoms with E-state index in [0.29, 0.717) is 6.54 Å². The van der Waals surface area contributed by atoms with Crippen molar-refractivity contribution >= 4 is 6.09 Å². The number of likely N-dealkylation sites (tertiary alicyclic amines) is 1. The van der Waals surface area contributed by atoms with Gasteiger partial charge in [0, 0.05) is 18.5 Å². The molecule has 5 nitrogen and oxygen atoms in total. The second-order valence-electron chi connectivity index (χ2n) is 7.04. The van der Waals surface area contributed by atoms with Crippen molar-refractivity contribution in [2.45, 2.75) is 50.5 Å². The summed E-state index contributed by atoms with van der Waals surface area (Å²) < 4.78 is 0. The van der Waals surface area contributed by atoms with Crippen molar-refractivity contribution in [1.29, 1.82) is 0 Å². The Kier molecular flexibility index (Phi) is 3.79. The smallest absolute Gasteiger partial charge is 0.407 e. The molecular formula is C19H23N3O2. The van der Waals surface area contributed by atoms with E-state index in [1.54, 1.807) is 0 Å². The fraction of sp³-hybridized carbons (Fsp3) is 0.474. The molecule has 2 aromatic rings. The average Bonchev–Trinajstić information content (AvgIpc) is 3.32. The third-order valence-electron chi connectivity index (χ3n) is 5.45. The van der Waals surface area contributed by atoms with E-state index in [4.69, 9.17) is 0 Å². The molecule has 0 bridgehead atoms. The molecule has 1 aromatic carbocycles. The van der Waals surface area contributed by atoms with E-state index in [2.05, 4.69) is 34.2 Å². The molecule has 1 saturated carbocycles. The van der Waals surface area contributed by atoms with Gasteiger partial charge in [0.2, 0.25) is 0 Å². The first-order valence-electron chi connectivity index (χ1n) is 8.78. The van der Waals surface area contributed by atoms with E-state index < -0.39 is 6.09 Å². The summed E-state index contributed by atoms with van der Waals surface area (Å²) in [6.07, 6.45) is 5.51. The molecule has 1 saturated heterocycles. The molecule has 2 aliphatic rings. The Morgan fingerprint density at radius 2 is 2.00 bits per heavy atom. The van der Waals surface area contributed by atoms with Gasteiger partial charge in [-0.25, -0.2) is 9.78 Å². The minimum absolute atomic E-state index is 0.0486. The zero-order valence-electron chi connectivity index (χ0n) is 13.9. The second-order valence-corrected chi connectivity index (χ2v) is 7.04. The Hall–Kier alpha value is -2.30. The number of rotatable bonds is 3. The first-order chi connectivity index (χ1) is 11.6. The van der Waals surface area contributed by atoms with Crippen molar-refractivity contribution in [2.75, 3.05) is 6.54 Å². The SMILES string of the molecule is C[C@@H]1[C@H](c2ncc(-c3ccc(C4CC4)cc3)[nH]2)CCCN1C(=O)O. The zero-order valence-corrected chi connectivity index (χ0v) is 13.9. The predicted octanol–water partition coefficient (Wildman–Crippen LogP) is 4.20. The van der Waals surface area contributed by atoms with Crippen LogP contribution in [0.25, 0.3) is 11.3 Å². The fourth-order valence-corrected chi connectivity index (χ4v) is 3.80. The molecule has 1 aliphatic heterocycles. The molecule has 1 amide bonds. The van der Waals surface area contributed by atoms with Crippen molar-refractivity contribution in [3.05, 3.63) is 41.9 Å². The summed E-state index contributed by atoms with van der Waals surface area (Å²) in [5.74, 6) is 1.80. The van der Waals surface area contributed by atoms with Crippen molar-refractivity contribution in [1.82, 2.24) is 14.9 Å². The Balaban J connectivity index is 1.54. The molecule has 2 N–H and O–H groups in total. The number of nitrogens with zero attached hydrogens (tertiary/aromatic N) is 2. The van der Waals surface area contributed by atoms with Crippen molar-refractivity contribution in [2.24, 2.45) is 0 Å². The first-order valence-corrected chi connectivity index (χ1v) is 8.78. The number of imidazole rings is 1. The molecule has 0 unspecified atom stereocenters. The zero-order chi connectivity index (χ0) is 16.7. The van der Waals surface area contributed by atoms with Gasteiger partial charge in [-0.2, -0.15) is 0 Å². The summed E-state index contributed by atoms with van der Waals surface area (Å²) in [6, 6.07) is 8.68. The highest BCUT2D eigenvalue weighted by Gasteiger charge is 2.33. The second kappa shape index (κ2) is 5.96. The van der Waals surface area contributed by atoms with Crippen LogP contribution >= 0.6 is 0 Å². The third kappa shape index (κ3) is 2.79. The van der Waals surface area contributed by atoms with Gasteiger partial charge in [-0.1, -0.05) is 24.3 Å². The first kappa shape index (κ1) is 15.2. The van der Waals surface area contributed by atoms with E-state index >= 15 is 0 Å². The van der Waals surface area contributed by atoms with Crippen LogP contribution in [0.1, 0.15) is 55.8 Å². The third-order valence-corrected chi connectivity index (χ3v) is 5.45. The molecule has 2 heterocycles. The molecule has 24 heavy (non-hydrogen) atoms. The largest absolute Gasteiger partial charge is 0.465 e. The van der Waals surface area contributed by atoms with E-state index in [1.807, 2.05) is 13.1 Å². The van der Waals surface area contributed by atoms with Crippen LogP contribution in [0.3, 0.4) is 0 Å². The van der Waals surface area contributed by atoms with E-state index in [9.17, 15) is 9.90 Å². The molecule has 1 aromatic heterocycles. The summed E-state index contributed by atoms with van der Waals surface area (Å²) in [7, 11) is 0. The number of hydrogen-bond donors (Lipinski definition) is 2. The van der Waals surface area contributed by atoms with Gasteiger partial charge >= 0.3 is 6.09 Å². The number of amides is 1. The summed E-state index contributed by atoms with van der Waals surface area (Å²) in [5.41, 5.74) is 3.57. The number of piperidine rings is 1. The van der Waals surface area contributed by atoms with Gasteiger partial charge < -0.3 is 15.0 Å². The molecule has 2 atom stereocenters. The van der Waals surface area contributed by atoms with Crippen molar-refractivity contribution < 1.29 is 9.90 Å². The number of H-pyrrole nitrogens is 1. The van der Waals surface area contributed by atoms with Crippen LogP contribution in [0.15, 0.2) is 30.5 Å². The van der Waals surface area contributed by atoms with Crippen molar-refractivity contribution in [3.8, 4) is 11.3 Å².